The molecule has 7 heteroatoms. The number of carbonyl (C=O) groups is 1. The Morgan fingerprint density at radius 2 is 2.00 bits per heavy atom. The fraction of sp³-hybridized carbons (Fsp3) is 0.647. The van der Waals surface area contributed by atoms with Gasteiger partial charge >= 0.3 is 0 Å². The van der Waals surface area contributed by atoms with Crippen LogP contribution in [0.5, 0.6) is 0 Å². The summed E-state index contributed by atoms with van der Waals surface area (Å²) >= 11 is 0. The number of piperidine rings is 1. The van der Waals surface area contributed by atoms with Crippen LogP contribution in [-0.2, 0) is 9.53 Å². The molecule has 0 unspecified atom stereocenters. The molecule has 1 atom stereocenters. The first-order valence-corrected chi connectivity index (χ1v) is 8.47. The lowest BCUT2D eigenvalue weighted by Crippen LogP contribution is -2.48. The highest BCUT2D eigenvalue weighted by atomic mass is 16.5. The zero-order valence-corrected chi connectivity index (χ0v) is 14.3. The summed E-state index contributed by atoms with van der Waals surface area (Å²) in [5, 5.41) is 17.9. The molecule has 2 fully saturated rings. The number of anilines is 1. The largest absolute Gasteiger partial charge is 0.378 e. The molecule has 0 spiro atoms. The SMILES string of the molecule is Cc1nnc(N2CCC[C@@H](C(=O)N3CCOCC3)C2)c(C#N)c1C. The first-order chi connectivity index (χ1) is 11.6. The van der Waals surface area contributed by atoms with Gasteiger partial charge in [-0.2, -0.15) is 10.4 Å². The second kappa shape index (κ2) is 7.14. The molecule has 0 radical (unpaired) electrons. The number of carbonyl (C=O) groups excluding carboxylic acids is 1. The summed E-state index contributed by atoms with van der Waals surface area (Å²) in [6, 6.07) is 2.25. The van der Waals surface area contributed by atoms with E-state index >= 15 is 0 Å². The maximum Gasteiger partial charge on any atom is 0.227 e. The van der Waals surface area contributed by atoms with Gasteiger partial charge in [0.15, 0.2) is 5.82 Å². The Morgan fingerprint density at radius 3 is 2.71 bits per heavy atom. The van der Waals surface area contributed by atoms with Crippen molar-refractivity contribution in [3.63, 3.8) is 0 Å². The Labute approximate surface area is 142 Å². The highest BCUT2D eigenvalue weighted by Crippen LogP contribution is 2.27. The van der Waals surface area contributed by atoms with Crippen LogP contribution < -0.4 is 4.90 Å². The molecule has 1 aromatic heterocycles. The Balaban J connectivity index is 1.78. The average Bonchev–Trinajstić information content (AvgIpc) is 2.64. The molecule has 2 aliphatic heterocycles. The smallest absolute Gasteiger partial charge is 0.227 e. The fourth-order valence-corrected chi connectivity index (χ4v) is 3.36. The van der Waals surface area contributed by atoms with Crippen LogP contribution in [0.1, 0.15) is 29.7 Å². The van der Waals surface area contributed by atoms with Crippen molar-refractivity contribution in [3.05, 3.63) is 16.8 Å². The maximum atomic E-state index is 12.7. The van der Waals surface area contributed by atoms with Gasteiger partial charge in [-0.3, -0.25) is 4.79 Å². The number of ether oxygens (including phenoxy) is 1. The van der Waals surface area contributed by atoms with Crippen molar-refractivity contribution < 1.29 is 9.53 Å². The first-order valence-electron chi connectivity index (χ1n) is 8.47. The van der Waals surface area contributed by atoms with Crippen LogP contribution >= 0.6 is 0 Å². The molecule has 3 rings (SSSR count). The van der Waals surface area contributed by atoms with Gasteiger partial charge < -0.3 is 14.5 Å². The fourth-order valence-electron chi connectivity index (χ4n) is 3.36. The Hall–Kier alpha value is -2.20. The third-order valence-electron chi connectivity index (χ3n) is 4.94. The third-order valence-corrected chi connectivity index (χ3v) is 4.94. The van der Waals surface area contributed by atoms with E-state index in [4.69, 9.17) is 4.74 Å². The lowest BCUT2D eigenvalue weighted by Gasteiger charge is -2.36. The minimum atomic E-state index is -0.0493. The molecule has 2 aliphatic rings. The Bertz CT molecular complexity index is 664. The first kappa shape index (κ1) is 16.7. The van der Waals surface area contributed by atoms with E-state index in [1.54, 1.807) is 0 Å². The van der Waals surface area contributed by atoms with Gasteiger partial charge in [-0.05, 0) is 32.3 Å². The van der Waals surface area contributed by atoms with Crippen molar-refractivity contribution in [1.29, 1.82) is 5.26 Å². The number of nitrogens with zero attached hydrogens (tertiary/aromatic N) is 5. The van der Waals surface area contributed by atoms with Crippen LogP contribution in [0.25, 0.3) is 0 Å². The number of rotatable bonds is 2. The highest BCUT2D eigenvalue weighted by Gasteiger charge is 2.31. The van der Waals surface area contributed by atoms with E-state index in [1.165, 1.54) is 0 Å². The van der Waals surface area contributed by atoms with Gasteiger partial charge in [0.25, 0.3) is 0 Å². The lowest BCUT2D eigenvalue weighted by molar-refractivity contribution is -0.139. The average molecular weight is 329 g/mol. The van der Waals surface area contributed by atoms with Gasteiger partial charge in [-0.25, -0.2) is 0 Å². The van der Waals surface area contributed by atoms with E-state index in [0.29, 0.717) is 44.2 Å². The molecule has 0 bridgehead atoms. The number of amides is 1. The van der Waals surface area contributed by atoms with Gasteiger partial charge in [-0.15, -0.1) is 5.10 Å². The van der Waals surface area contributed by atoms with E-state index in [9.17, 15) is 10.1 Å². The molecule has 0 aromatic carbocycles. The normalized spacial score (nSPS) is 21.5. The summed E-state index contributed by atoms with van der Waals surface area (Å²) in [6.07, 6.45) is 1.80. The van der Waals surface area contributed by atoms with Crippen LogP contribution in [-0.4, -0.2) is 60.4 Å². The maximum absolute atomic E-state index is 12.7. The van der Waals surface area contributed by atoms with Crippen molar-refractivity contribution in [2.75, 3.05) is 44.3 Å². The molecule has 128 valence electrons. The van der Waals surface area contributed by atoms with Gasteiger partial charge in [0, 0.05) is 26.2 Å². The molecule has 7 nitrogen and oxygen atoms in total. The second-order valence-corrected chi connectivity index (χ2v) is 6.44. The summed E-state index contributed by atoms with van der Waals surface area (Å²) in [7, 11) is 0. The van der Waals surface area contributed by atoms with Crippen molar-refractivity contribution >= 4 is 11.7 Å². The number of aryl methyl sites for hydroxylation is 1. The van der Waals surface area contributed by atoms with Crippen molar-refractivity contribution in [2.24, 2.45) is 5.92 Å². The van der Waals surface area contributed by atoms with Crippen molar-refractivity contribution in [3.8, 4) is 6.07 Å². The number of nitriles is 1. The van der Waals surface area contributed by atoms with Gasteiger partial charge in [0.1, 0.15) is 11.6 Å². The van der Waals surface area contributed by atoms with Gasteiger partial charge in [0.05, 0.1) is 24.8 Å². The predicted octanol–water partition coefficient (Wildman–Crippen LogP) is 1.04. The Morgan fingerprint density at radius 1 is 1.25 bits per heavy atom. The van der Waals surface area contributed by atoms with E-state index in [0.717, 1.165) is 30.6 Å². The highest BCUT2D eigenvalue weighted by molar-refractivity contribution is 5.80. The van der Waals surface area contributed by atoms with E-state index in [-0.39, 0.29) is 11.8 Å². The molecule has 1 amide bonds. The van der Waals surface area contributed by atoms with Gasteiger partial charge in [-0.1, -0.05) is 0 Å². The van der Waals surface area contributed by atoms with Crippen molar-refractivity contribution in [1.82, 2.24) is 15.1 Å². The van der Waals surface area contributed by atoms with Crippen LogP contribution in [0, 0.1) is 31.1 Å². The topological polar surface area (TPSA) is 82.3 Å². The van der Waals surface area contributed by atoms with Crippen LogP contribution in [0.3, 0.4) is 0 Å². The molecule has 1 aromatic rings. The van der Waals surface area contributed by atoms with Crippen LogP contribution in [0.15, 0.2) is 0 Å². The second-order valence-electron chi connectivity index (χ2n) is 6.44. The summed E-state index contributed by atoms with van der Waals surface area (Å²) in [5.41, 5.74) is 2.21. The monoisotopic (exact) mass is 329 g/mol. The molecular formula is C17H23N5O2. The predicted molar refractivity (Wildman–Crippen MR) is 88.6 cm³/mol. The van der Waals surface area contributed by atoms with Crippen LogP contribution in [0.2, 0.25) is 0 Å². The standard InChI is InChI=1S/C17H23N5O2/c1-12-13(2)19-20-16(15(12)10-18)22-5-3-4-14(11-22)17(23)21-6-8-24-9-7-21/h14H,3-9,11H2,1-2H3/t14-/m1/s1. The van der Waals surface area contributed by atoms with E-state index < -0.39 is 0 Å². The number of hydrogen-bond donors (Lipinski definition) is 0. The molecule has 0 saturated carbocycles. The minimum Gasteiger partial charge on any atom is -0.378 e. The van der Waals surface area contributed by atoms with Crippen molar-refractivity contribution in [2.45, 2.75) is 26.7 Å². The Kier molecular flexibility index (Phi) is 4.95. The molecular weight excluding hydrogens is 306 g/mol. The molecule has 0 N–H and O–H groups in total. The van der Waals surface area contributed by atoms with Crippen LogP contribution in [0.4, 0.5) is 5.82 Å². The van der Waals surface area contributed by atoms with E-state index in [1.807, 2.05) is 23.6 Å². The number of aromatic nitrogens is 2. The summed E-state index contributed by atoms with van der Waals surface area (Å²) in [6.45, 7) is 7.72. The quantitative estimate of drug-likeness (QED) is 0.806. The summed E-state index contributed by atoms with van der Waals surface area (Å²) in [5.74, 6) is 0.755. The van der Waals surface area contributed by atoms with E-state index in [2.05, 4.69) is 16.3 Å². The lowest BCUT2D eigenvalue weighted by atomic mass is 9.95. The zero-order valence-electron chi connectivity index (χ0n) is 14.3. The minimum absolute atomic E-state index is 0.0493. The number of hydrogen-bond acceptors (Lipinski definition) is 6. The summed E-state index contributed by atoms with van der Waals surface area (Å²) < 4.78 is 5.32. The third kappa shape index (κ3) is 3.20. The molecule has 3 heterocycles. The molecule has 24 heavy (non-hydrogen) atoms. The molecule has 2 saturated heterocycles. The summed E-state index contributed by atoms with van der Waals surface area (Å²) in [4.78, 5) is 16.7. The number of morpholine rings is 1. The van der Waals surface area contributed by atoms with Gasteiger partial charge in [0.2, 0.25) is 5.91 Å². The zero-order chi connectivity index (χ0) is 17.1. The molecule has 0 aliphatic carbocycles.